The van der Waals surface area contributed by atoms with Crippen molar-refractivity contribution in [3.63, 3.8) is 0 Å². The molecule has 1 fully saturated rings. The van der Waals surface area contributed by atoms with Gasteiger partial charge in [0.2, 0.25) is 0 Å². The first-order chi connectivity index (χ1) is 17.3. The molecule has 1 aliphatic heterocycles. The van der Waals surface area contributed by atoms with E-state index in [1.54, 1.807) is 0 Å². The van der Waals surface area contributed by atoms with Crippen LogP contribution in [-0.2, 0) is 26.1 Å². The summed E-state index contributed by atoms with van der Waals surface area (Å²) in [5.74, 6) is 0. The summed E-state index contributed by atoms with van der Waals surface area (Å²) in [5, 5.41) is 3.54. The molecule has 0 amide bonds. The summed E-state index contributed by atoms with van der Waals surface area (Å²) in [5.41, 5.74) is 4.99. The maximum Gasteiger partial charge on any atom is 0.0541 e. The molecule has 0 saturated carbocycles. The molecular weight excluding hydrogens is 430 g/mol. The normalized spacial score (nSPS) is 15.0. The number of nitrogens with zero attached hydrogens (tertiary/aromatic N) is 4. The highest BCUT2D eigenvalue weighted by molar-refractivity contribution is 5.23. The Bertz CT molecular complexity index is 970. The SMILES string of the molecule is CCCCN1CCC(N(CCc2ccccn2)Cc2cccc(CNCc3ccccn3)c2)CC1. The number of rotatable bonds is 13. The number of likely N-dealkylation sites (tertiary alicyclic amines) is 1. The molecular formula is C30H41N5. The second-order valence-corrected chi connectivity index (χ2v) is 9.71. The Morgan fingerprint density at radius 3 is 2.34 bits per heavy atom. The molecule has 0 aliphatic carbocycles. The van der Waals surface area contributed by atoms with Crippen LogP contribution in [0, 0.1) is 0 Å². The highest BCUT2D eigenvalue weighted by Gasteiger charge is 2.24. The Morgan fingerprint density at radius 2 is 1.63 bits per heavy atom. The van der Waals surface area contributed by atoms with E-state index in [4.69, 9.17) is 0 Å². The number of unbranched alkanes of at least 4 members (excludes halogenated alkanes) is 1. The molecule has 0 bridgehead atoms. The highest BCUT2D eigenvalue weighted by atomic mass is 15.2. The third kappa shape index (κ3) is 8.53. The first-order valence-electron chi connectivity index (χ1n) is 13.3. The molecule has 1 aliphatic rings. The lowest BCUT2D eigenvalue weighted by Crippen LogP contribution is -2.45. The zero-order chi connectivity index (χ0) is 24.1. The molecule has 1 N–H and O–H groups in total. The van der Waals surface area contributed by atoms with Gasteiger partial charge in [-0.1, -0.05) is 49.7 Å². The van der Waals surface area contributed by atoms with Crippen molar-refractivity contribution < 1.29 is 0 Å². The number of benzene rings is 1. The fourth-order valence-corrected chi connectivity index (χ4v) is 4.99. The summed E-state index contributed by atoms with van der Waals surface area (Å²) in [6, 6.07) is 22.0. The van der Waals surface area contributed by atoms with Gasteiger partial charge < -0.3 is 10.2 Å². The lowest BCUT2D eigenvalue weighted by atomic mass is 10.0. The van der Waals surface area contributed by atoms with E-state index in [1.807, 2.05) is 30.6 Å². The second kappa shape index (κ2) is 14.1. The maximum atomic E-state index is 4.57. The summed E-state index contributed by atoms with van der Waals surface area (Å²) < 4.78 is 0. The van der Waals surface area contributed by atoms with Crippen LogP contribution in [0.1, 0.15) is 55.1 Å². The second-order valence-electron chi connectivity index (χ2n) is 9.71. The smallest absolute Gasteiger partial charge is 0.0541 e. The van der Waals surface area contributed by atoms with Crippen molar-refractivity contribution in [3.05, 3.63) is 95.6 Å². The van der Waals surface area contributed by atoms with E-state index in [0.717, 1.165) is 38.3 Å². The van der Waals surface area contributed by atoms with Crippen molar-refractivity contribution in [2.24, 2.45) is 0 Å². The van der Waals surface area contributed by atoms with Gasteiger partial charge in [0.25, 0.3) is 0 Å². The Morgan fingerprint density at radius 1 is 0.886 bits per heavy atom. The molecule has 0 unspecified atom stereocenters. The van der Waals surface area contributed by atoms with Gasteiger partial charge in [-0.3, -0.25) is 14.9 Å². The quantitative estimate of drug-likeness (QED) is 0.377. The molecule has 0 radical (unpaired) electrons. The first-order valence-corrected chi connectivity index (χ1v) is 13.3. The number of hydrogen-bond acceptors (Lipinski definition) is 5. The Labute approximate surface area is 211 Å². The van der Waals surface area contributed by atoms with E-state index in [1.165, 1.54) is 62.1 Å². The Kier molecular flexibility index (Phi) is 10.3. The average Bonchev–Trinajstić information content (AvgIpc) is 2.92. The standard InChI is InChI=1S/C30H41N5/c1-2-3-18-34-19-14-30(15-20-34)35(21-13-28-11-4-6-16-32-28)25-27-10-8-9-26(22-27)23-31-24-29-12-5-7-17-33-29/h4-12,16-17,22,30-31H,2-3,13-15,18-21,23-25H2,1H3. The minimum atomic E-state index is 0.641. The predicted octanol–water partition coefficient (Wildman–Crippen LogP) is 5.08. The maximum absolute atomic E-state index is 4.57. The van der Waals surface area contributed by atoms with Crippen molar-refractivity contribution in [3.8, 4) is 0 Å². The molecule has 4 rings (SSSR count). The summed E-state index contributed by atoms with van der Waals surface area (Å²) in [4.78, 5) is 14.4. The van der Waals surface area contributed by atoms with Gasteiger partial charge in [0, 0.05) is 56.7 Å². The van der Waals surface area contributed by atoms with Crippen LogP contribution >= 0.6 is 0 Å². The van der Waals surface area contributed by atoms with Crippen LogP contribution in [0.25, 0.3) is 0 Å². The number of nitrogens with one attached hydrogen (secondary N) is 1. The lowest BCUT2D eigenvalue weighted by Gasteiger charge is -2.38. The molecule has 1 saturated heterocycles. The summed E-state index contributed by atoms with van der Waals surface area (Å²) >= 11 is 0. The molecule has 5 heteroatoms. The number of pyridine rings is 2. The largest absolute Gasteiger partial charge is 0.307 e. The van der Waals surface area contributed by atoms with Gasteiger partial charge in [-0.25, -0.2) is 0 Å². The molecule has 1 aromatic carbocycles. The van der Waals surface area contributed by atoms with Crippen molar-refractivity contribution in [2.45, 2.75) is 64.7 Å². The first kappa shape index (κ1) is 25.5. The highest BCUT2D eigenvalue weighted by Crippen LogP contribution is 2.20. The van der Waals surface area contributed by atoms with Gasteiger partial charge in [-0.05, 0) is 74.3 Å². The van der Waals surface area contributed by atoms with Gasteiger partial charge in [0.05, 0.1) is 5.69 Å². The molecule has 0 atom stereocenters. The minimum absolute atomic E-state index is 0.641. The van der Waals surface area contributed by atoms with Gasteiger partial charge in [0.1, 0.15) is 0 Å². The van der Waals surface area contributed by atoms with Crippen molar-refractivity contribution in [2.75, 3.05) is 26.2 Å². The zero-order valence-corrected chi connectivity index (χ0v) is 21.3. The molecule has 2 aromatic heterocycles. The third-order valence-electron chi connectivity index (χ3n) is 7.02. The van der Waals surface area contributed by atoms with Gasteiger partial charge in [-0.2, -0.15) is 0 Å². The molecule has 186 valence electrons. The van der Waals surface area contributed by atoms with Crippen molar-refractivity contribution in [1.82, 2.24) is 25.1 Å². The van der Waals surface area contributed by atoms with E-state index in [0.29, 0.717) is 6.04 Å². The Hall–Kier alpha value is -2.60. The van der Waals surface area contributed by atoms with Crippen LogP contribution in [-0.4, -0.2) is 52.0 Å². The Balaban J connectivity index is 1.36. The summed E-state index contributed by atoms with van der Waals surface area (Å²) in [7, 11) is 0. The fraction of sp³-hybridized carbons (Fsp3) is 0.467. The molecule has 0 spiro atoms. The molecule has 3 aromatic rings. The topological polar surface area (TPSA) is 44.3 Å². The van der Waals surface area contributed by atoms with Gasteiger partial charge in [-0.15, -0.1) is 0 Å². The van der Waals surface area contributed by atoms with E-state index in [-0.39, 0.29) is 0 Å². The van der Waals surface area contributed by atoms with Crippen LogP contribution in [0.15, 0.2) is 73.1 Å². The molecule has 3 heterocycles. The van der Waals surface area contributed by atoms with Crippen LogP contribution in [0.5, 0.6) is 0 Å². The van der Waals surface area contributed by atoms with Gasteiger partial charge >= 0.3 is 0 Å². The fourth-order valence-electron chi connectivity index (χ4n) is 4.99. The van der Waals surface area contributed by atoms with E-state index < -0.39 is 0 Å². The predicted molar refractivity (Wildman–Crippen MR) is 144 cm³/mol. The van der Waals surface area contributed by atoms with E-state index >= 15 is 0 Å². The van der Waals surface area contributed by atoms with Crippen LogP contribution < -0.4 is 5.32 Å². The minimum Gasteiger partial charge on any atom is -0.307 e. The van der Waals surface area contributed by atoms with Crippen molar-refractivity contribution >= 4 is 0 Å². The third-order valence-corrected chi connectivity index (χ3v) is 7.02. The van der Waals surface area contributed by atoms with Crippen LogP contribution in [0.4, 0.5) is 0 Å². The van der Waals surface area contributed by atoms with Crippen LogP contribution in [0.3, 0.4) is 0 Å². The number of hydrogen-bond donors (Lipinski definition) is 1. The molecule has 5 nitrogen and oxygen atoms in total. The van der Waals surface area contributed by atoms with Gasteiger partial charge in [0.15, 0.2) is 0 Å². The molecule has 35 heavy (non-hydrogen) atoms. The zero-order valence-electron chi connectivity index (χ0n) is 21.3. The van der Waals surface area contributed by atoms with E-state index in [9.17, 15) is 0 Å². The average molecular weight is 472 g/mol. The summed E-state index contributed by atoms with van der Waals surface area (Å²) in [6.45, 7) is 9.69. The number of aromatic nitrogens is 2. The summed E-state index contributed by atoms with van der Waals surface area (Å²) in [6.07, 6.45) is 9.88. The van der Waals surface area contributed by atoms with Crippen LogP contribution in [0.2, 0.25) is 0 Å². The monoisotopic (exact) mass is 471 g/mol. The van der Waals surface area contributed by atoms with E-state index in [2.05, 4.69) is 74.5 Å². The number of piperidine rings is 1. The van der Waals surface area contributed by atoms with Crippen molar-refractivity contribution in [1.29, 1.82) is 0 Å². The lowest BCUT2D eigenvalue weighted by molar-refractivity contribution is 0.102.